The predicted molar refractivity (Wildman–Crippen MR) is 143 cm³/mol. The smallest absolute Gasteiger partial charge is 0.214 e. The minimum absolute atomic E-state index is 0.00302. The zero-order valence-electron chi connectivity index (χ0n) is 21.2. The number of anilines is 2. The monoisotopic (exact) mass is 486 g/mol. The first-order valence-corrected chi connectivity index (χ1v) is 12.0. The summed E-state index contributed by atoms with van der Waals surface area (Å²) in [5.74, 6) is 6.19. The number of hydrogen-bond donors (Lipinski definition) is 1. The fraction of sp³-hybridized carbons (Fsp3) is 0.310. The van der Waals surface area contributed by atoms with Crippen molar-refractivity contribution >= 4 is 17.1 Å². The summed E-state index contributed by atoms with van der Waals surface area (Å²) in [6, 6.07) is 9.00. The molecule has 7 heteroatoms. The Balaban J connectivity index is 1.66. The van der Waals surface area contributed by atoms with Gasteiger partial charge < -0.3 is 19.7 Å². The number of hydrogen-bond acceptors (Lipinski definition) is 6. The molecule has 3 heterocycles. The number of nitrogens with zero attached hydrogens (tertiary/aromatic N) is 3. The van der Waals surface area contributed by atoms with E-state index in [1.165, 1.54) is 6.07 Å². The van der Waals surface area contributed by atoms with E-state index in [1.807, 2.05) is 26.8 Å². The highest BCUT2D eigenvalue weighted by molar-refractivity contribution is 5.81. The van der Waals surface area contributed by atoms with E-state index in [1.54, 1.807) is 31.5 Å². The molecule has 0 amide bonds. The number of rotatable bonds is 7. The van der Waals surface area contributed by atoms with Crippen molar-refractivity contribution in [3.63, 3.8) is 0 Å². The molecule has 3 aromatic rings. The van der Waals surface area contributed by atoms with Crippen LogP contribution in [0.1, 0.15) is 37.6 Å². The summed E-state index contributed by atoms with van der Waals surface area (Å²) >= 11 is 0. The Labute approximate surface area is 212 Å². The van der Waals surface area contributed by atoms with E-state index >= 15 is 4.39 Å². The summed E-state index contributed by atoms with van der Waals surface area (Å²) in [6.07, 6.45) is 3.44. The highest BCUT2D eigenvalue weighted by Gasteiger charge is 2.18. The standard InChI is InChI=1S/C29H31FN4O2/c1-6-7-26-28(34-10-12-35-13-11-34)15-23(18-32-26)24-17-27(25(30)14-20(24)4)33-21(5)22-8-9-31-29(16-22)36-19(2)3/h8-9,14-19,33H,5,10-13H2,1-4H3. The van der Waals surface area contributed by atoms with Crippen molar-refractivity contribution < 1.29 is 13.9 Å². The van der Waals surface area contributed by atoms with E-state index in [9.17, 15) is 0 Å². The van der Waals surface area contributed by atoms with Gasteiger partial charge in [0.25, 0.3) is 0 Å². The molecule has 0 atom stereocenters. The molecule has 0 unspecified atom stereocenters. The number of aromatic nitrogens is 2. The summed E-state index contributed by atoms with van der Waals surface area (Å²) in [5, 5.41) is 3.13. The maximum Gasteiger partial charge on any atom is 0.214 e. The van der Waals surface area contributed by atoms with Gasteiger partial charge in [0.15, 0.2) is 0 Å². The SMILES string of the molecule is C=C(Nc1cc(-c2cnc(C#CC)c(N3CCOCC3)c2)c(C)cc1F)c1ccnc(OC(C)C)c1. The lowest BCUT2D eigenvalue weighted by atomic mass is 9.99. The van der Waals surface area contributed by atoms with E-state index in [0.717, 1.165) is 46.7 Å². The molecule has 0 aliphatic carbocycles. The van der Waals surface area contributed by atoms with Gasteiger partial charge in [0.2, 0.25) is 5.88 Å². The van der Waals surface area contributed by atoms with Crippen molar-refractivity contribution in [3.8, 4) is 28.8 Å². The second-order valence-corrected chi connectivity index (χ2v) is 8.87. The topological polar surface area (TPSA) is 59.5 Å². The lowest BCUT2D eigenvalue weighted by Crippen LogP contribution is -2.36. The lowest BCUT2D eigenvalue weighted by Gasteiger charge is -2.29. The third-order valence-electron chi connectivity index (χ3n) is 5.81. The van der Waals surface area contributed by atoms with Crippen LogP contribution in [0.25, 0.3) is 16.8 Å². The number of morpholine rings is 1. The summed E-state index contributed by atoms with van der Waals surface area (Å²) in [4.78, 5) is 11.1. The molecule has 0 spiro atoms. The van der Waals surface area contributed by atoms with Gasteiger partial charge in [-0.15, -0.1) is 0 Å². The highest BCUT2D eigenvalue weighted by atomic mass is 19.1. The van der Waals surface area contributed by atoms with Crippen LogP contribution in [-0.4, -0.2) is 42.4 Å². The van der Waals surface area contributed by atoms with Gasteiger partial charge >= 0.3 is 0 Å². The number of aryl methyl sites for hydroxylation is 1. The summed E-state index contributed by atoms with van der Waals surface area (Å²) in [5.41, 5.74) is 5.90. The van der Waals surface area contributed by atoms with Gasteiger partial charge in [-0.3, -0.25) is 0 Å². The van der Waals surface area contributed by atoms with E-state index in [-0.39, 0.29) is 11.9 Å². The van der Waals surface area contributed by atoms with E-state index in [0.29, 0.717) is 30.5 Å². The van der Waals surface area contributed by atoms with Crippen LogP contribution >= 0.6 is 0 Å². The van der Waals surface area contributed by atoms with Crippen molar-refractivity contribution in [3.05, 3.63) is 71.9 Å². The van der Waals surface area contributed by atoms with Gasteiger partial charge in [-0.2, -0.15) is 0 Å². The molecule has 6 nitrogen and oxygen atoms in total. The number of ether oxygens (including phenoxy) is 2. The Morgan fingerprint density at radius 3 is 2.69 bits per heavy atom. The molecule has 1 aliphatic heterocycles. The number of nitrogens with one attached hydrogen (secondary N) is 1. The molecule has 1 aliphatic rings. The van der Waals surface area contributed by atoms with Crippen LogP contribution in [0, 0.1) is 24.6 Å². The van der Waals surface area contributed by atoms with E-state index in [2.05, 4.69) is 44.7 Å². The first-order valence-electron chi connectivity index (χ1n) is 12.0. The molecule has 1 aromatic carbocycles. The Bertz CT molecular complexity index is 1320. The maximum absolute atomic E-state index is 15.0. The predicted octanol–water partition coefficient (Wildman–Crippen LogP) is 5.67. The molecule has 0 saturated carbocycles. The number of pyridine rings is 2. The van der Waals surface area contributed by atoms with Gasteiger partial charge in [0.05, 0.1) is 30.7 Å². The van der Waals surface area contributed by atoms with Crippen LogP contribution in [0.3, 0.4) is 0 Å². The average molecular weight is 487 g/mol. The lowest BCUT2D eigenvalue weighted by molar-refractivity contribution is 0.122. The van der Waals surface area contributed by atoms with Crippen molar-refractivity contribution in [2.45, 2.75) is 33.8 Å². The van der Waals surface area contributed by atoms with Gasteiger partial charge in [-0.25, -0.2) is 14.4 Å². The fourth-order valence-electron chi connectivity index (χ4n) is 4.08. The molecule has 1 saturated heterocycles. The average Bonchev–Trinajstić information content (AvgIpc) is 2.86. The third kappa shape index (κ3) is 5.84. The first kappa shape index (κ1) is 25.2. The second kappa shape index (κ2) is 11.2. The van der Waals surface area contributed by atoms with Crippen LogP contribution < -0.4 is 15.0 Å². The number of benzene rings is 1. The Morgan fingerprint density at radius 1 is 1.19 bits per heavy atom. The Morgan fingerprint density at radius 2 is 1.97 bits per heavy atom. The molecular formula is C29H31FN4O2. The van der Waals surface area contributed by atoms with Gasteiger partial charge in [0.1, 0.15) is 11.5 Å². The van der Waals surface area contributed by atoms with E-state index < -0.39 is 0 Å². The molecule has 2 aromatic heterocycles. The molecule has 36 heavy (non-hydrogen) atoms. The Kier molecular flexibility index (Phi) is 7.87. The van der Waals surface area contributed by atoms with Crippen LogP contribution in [0.15, 0.2) is 49.3 Å². The molecule has 1 N–H and O–H groups in total. The maximum atomic E-state index is 15.0. The largest absolute Gasteiger partial charge is 0.475 e. The Hall–Kier alpha value is -3.89. The van der Waals surface area contributed by atoms with Crippen molar-refractivity contribution in [1.82, 2.24) is 9.97 Å². The number of halogens is 1. The van der Waals surface area contributed by atoms with Crippen molar-refractivity contribution in [2.24, 2.45) is 0 Å². The molecule has 0 bridgehead atoms. The van der Waals surface area contributed by atoms with Crippen LogP contribution in [-0.2, 0) is 4.74 Å². The zero-order valence-corrected chi connectivity index (χ0v) is 21.2. The summed E-state index contributed by atoms with van der Waals surface area (Å²) < 4.78 is 26.2. The van der Waals surface area contributed by atoms with E-state index in [4.69, 9.17) is 9.47 Å². The van der Waals surface area contributed by atoms with Gasteiger partial charge in [-0.1, -0.05) is 12.5 Å². The quantitative estimate of drug-likeness (QED) is 0.435. The van der Waals surface area contributed by atoms with Crippen LogP contribution in [0.5, 0.6) is 5.88 Å². The molecule has 186 valence electrons. The van der Waals surface area contributed by atoms with Gasteiger partial charge in [-0.05, 0) is 69.0 Å². The minimum Gasteiger partial charge on any atom is -0.475 e. The van der Waals surface area contributed by atoms with Crippen molar-refractivity contribution in [1.29, 1.82) is 0 Å². The highest BCUT2D eigenvalue weighted by Crippen LogP contribution is 2.33. The van der Waals surface area contributed by atoms with Crippen LogP contribution in [0.4, 0.5) is 15.8 Å². The molecule has 4 rings (SSSR count). The normalized spacial score (nSPS) is 13.2. The zero-order chi connectivity index (χ0) is 25.7. The second-order valence-electron chi connectivity index (χ2n) is 8.87. The molecule has 0 radical (unpaired) electrons. The molecular weight excluding hydrogens is 455 g/mol. The first-order chi connectivity index (χ1) is 17.4. The summed E-state index contributed by atoms with van der Waals surface area (Å²) in [6.45, 7) is 14.5. The third-order valence-corrected chi connectivity index (χ3v) is 5.81. The van der Waals surface area contributed by atoms with Crippen molar-refractivity contribution in [2.75, 3.05) is 36.5 Å². The van der Waals surface area contributed by atoms with Gasteiger partial charge in [0, 0.05) is 48.4 Å². The molecule has 1 fully saturated rings. The fourth-order valence-corrected chi connectivity index (χ4v) is 4.08. The van der Waals surface area contributed by atoms with Crippen LogP contribution in [0.2, 0.25) is 0 Å². The minimum atomic E-state index is -0.361. The summed E-state index contributed by atoms with van der Waals surface area (Å²) in [7, 11) is 0.